The number of hydrogen-bond acceptors (Lipinski definition) is 2. The molecule has 1 fully saturated rings. The molecule has 1 aliphatic carbocycles. The zero-order valence-electron chi connectivity index (χ0n) is 13.3. The largest absolute Gasteiger partial charge is 0.377 e. The van der Waals surface area contributed by atoms with Crippen LogP contribution in [0, 0.1) is 5.92 Å². The molecule has 0 aliphatic heterocycles. The van der Waals surface area contributed by atoms with E-state index in [9.17, 15) is 0 Å². The van der Waals surface area contributed by atoms with Crippen molar-refractivity contribution in [1.82, 2.24) is 5.32 Å². The second-order valence-electron chi connectivity index (χ2n) is 6.01. The van der Waals surface area contributed by atoms with E-state index in [-0.39, 0.29) is 0 Å². The second kappa shape index (κ2) is 8.92. The Labute approximate surface area is 137 Å². The van der Waals surface area contributed by atoms with Crippen molar-refractivity contribution in [3.05, 3.63) is 34.3 Å². The number of nitrogens with one attached hydrogen (secondary N) is 1. The Bertz CT molecular complexity index is 417. The van der Waals surface area contributed by atoms with Crippen LogP contribution in [0.1, 0.15) is 44.6 Å². The van der Waals surface area contributed by atoms with E-state index in [0.717, 1.165) is 13.0 Å². The summed E-state index contributed by atoms with van der Waals surface area (Å²) in [4.78, 5) is 0. The van der Waals surface area contributed by atoms with Crippen molar-refractivity contribution in [2.45, 2.75) is 57.6 Å². The number of rotatable bonds is 7. The van der Waals surface area contributed by atoms with Crippen LogP contribution in [0.25, 0.3) is 0 Å². The molecule has 1 aromatic rings. The zero-order valence-corrected chi connectivity index (χ0v) is 14.9. The molecule has 0 aromatic heterocycles. The van der Waals surface area contributed by atoms with Crippen molar-refractivity contribution in [3.63, 3.8) is 0 Å². The summed E-state index contributed by atoms with van der Waals surface area (Å²) in [5.41, 5.74) is 1.36. The van der Waals surface area contributed by atoms with Gasteiger partial charge in [0, 0.05) is 17.1 Å². The standard InChI is InChI=1S/C18H28BrNO/c1-3-21-18(14-9-5-4-6-10-14)17(20-2)13-15-11-7-8-12-16(15)19/h7-8,11-12,14,17-18,20H,3-6,9-10,13H2,1-2H3. The van der Waals surface area contributed by atoms with Gasteiger partial charge in [-0.1, -0.05) is 53.4 Å². The highest BCUT2D eigenvalue weighted by atomic mass is 79.9. The van der Waals surface area contributed by atoms with Gasteiger partial charge in [0.05, 0.1) is 6.10 Å². The van der Waals surface area contributed by atoms with Crippen molar-refractivity contribution < 1.29 is 4.74 Å². The lowest BCUT2D eigenvalue weighted by molar-refractivity contribution is -0.0159. The Morgan fingerprint density at radius 1 is 1.24 bits per heavy atom. The summed E-state index contributed by atoms with van der Waals surface area (Å²) in [6.45, 7) is 2.91. The molecule has 1 aromatic carbocycles. The molecule has 0 radical (unpaired) electrons. The van der Waals surface area contributed by atoms with Crippen molar-refractivity contribution in [3.8, 4) is 0 Å². The molecule has 0 spiro atoms. The van der Waals surface area contributed by atoms with E-state index in [1.54, 1.807) is 0 Å². The minimum absolute atomic E-state index is 0.326. The van der Waals surface area contributed by atoms with E-state index in [4.69, 9.17) is 4.74 Å². The Morgan fingerprint density at radius 3 is 2.57 bits per heavy atom. The Morgan fingerprint density at radius 2 is 1.95 bits per heavy atom. The third-order valence-electron chi connectivity index (χ3n) is 4.64. The van der Waals surface area contributed by atoms with E-state index in [0.29, 0.717) is 18.1 Å². The maximum Gasteiger partial charge on any atom is 0.0759 e. The maximum absolute atomic E-state index is 6.17. The van der Waals surface area contributed by atoms with Gasteiger partial charge in [-0.15, -0.1) is 0 Å². The lowest BCUT2D eigenvalue weighted by Gasteiger charge is -2.35. The predicted molar refractivity (Wildman–Crippen MR) is 92.7 cm³/mol. The molecule has 2 rings (SSSR count). The molecule has 3 heteroatoms. The van der Waals surface area contributed by atoms with Crippen molar-refractivity contribution in [1.29, 1.82) is 0 Å². The highest BCUT2D eigenvalue weighted by molar-refractivity contribution is 9.10. The summed E-state index contributed by atoms with van der Waals surface area (Å²) in [7, 11) is 2.07. The van der Waals surface area contributed by atoms with Crippen LogP contribution in [0.15, 0.2) is 28.7 Å². The van der Waals surface area contributed by atoms with Gasteiger partial charge >= 0.3 is 0 Å². The highest BCUT2D eigenvalue weighted by Crippen LogP contribution is 2.31. The van der Waals surface area contributed by atoms with Gasteiger partial charge in [-0.05, 0) is 50.8 Å². The first kappa shape index (κ1) is 17.0. The fourth-order valence-electron chi connectivity index (χ4n) is 3.52. The van der Waals surface area contributed by atoms with Crippen LogP contribution in [0.5, 0.6) is 0 Å². The van der Waals surface area contributed by atoms with Crippen molar-refractivity contribution in [2.24, 2.45) is 5.92 Å². The molecular weight excluding hydrogens is 326 g/mol. The number of benzene rings is 1. The summed E-state index contributed by atoms with van der Waals surface area (Å²) in [6.07, 6.45) is 8.09. The SMILES string of the molecule is CCOC(C1CCCCC1)C(Cc1ccccc1Br)NC. The van der Waals surface area contributed by atoms with Crippen LogP contribution < -0.4 is 5.32 Å². The van der Waals surface area contributed by atoms with Crippen LogP contribution in [0.2, 0.25) is 0 Å². The zero-order chi connectivity index (χ0) is 15.1. The lowest BCUT2D eigenvalue weighted by atomic mass is 9.81. The molecule has 2 unspecified atom stereocenters. The summed E-state index contributed by atoms with van der Waals surface area (Å²) in [6, 6.07) is 8.90. The van der Waals surface area contributed by atoms with E-state index in [2.05, 4.69) is 59.5 Å². The molecule has 2 atom stereocenters. The molecular formula is C18H28BrNO. The molecule has 118 valence electrons. The highest BCUT2D eigenvalue weighted by Gasteiger charge is 2.30. The van der Waals surface area contributed by atoms with Crippen LogP contribution >= 0.6 is 15.9 Å². The first-order chi connectivity index (χ1) is 10.3. The minimum Gasteiger partial charge on any atom is -0.377 e. The fraction of sp³-hybridized carbons (Fsp3) is 0.667. The maximum atomic E-state index is 6.17. The van der Waals surface area contributed by atoms with Crippen molar-refractivity contribution >= 4 is 15.9 Å². The smallest absolute Gasteiger partial charge is 0.0759 e. The van der Waals surface area contributed by atoms with Gasteiger partial charge in [-0.25, -0.2) is 0 Å². The van der Waals surface area contributed by atoms with Gasteiger partial charge in [0.15, 0.2) is 0 Å². The number of hydrogen-bond donors (Lipinski definition) is 1. The van der Waals surface area contributed by atoms with Crippen molar-refractivity contribution in [2.75, 3.05) is 13.7 Å². The summed E-state index contributed by atoms with van der Waals surface area (Å²) < 4.78 is 7.37. The summed E-state index contributed by atoms with van der Waals surface area (Å²) >= 11 is 3.67. The van der Waals surface area contributed by atoms with Crippen LogP contribution in [-0.4, -0.2) is 25.8 Å². The molecule has 2 nitrogen and oxygen atoms in total. The van der Waals surface area contributed by atoms with Crippen LogP contribution in [-0.2, 0) is 11.2 Å². The van der Waals surface area contributed by atoms with Gasteiger partial charge in [0.1, 0.15) is 0 Å². The average Bonchev–Trinajstić information content (AvgIpc) is 2.53. The quantitative estimate of drug-likeness (QED) is 0.775. The Kier molecular flexibility index (Phi) is 7.21. The topological polar surface area (TPSA) is 21.3 Å². The molecule has 0 heterocycles. The molecule has 1 N–H and O–H groups in total. The van der Waals surface area contributed by atoms with E-state index in [1.807, 2.05) is 0 Å². The molecule has 0 amide bonds. The first-order valence-electron chi connectivity index (χ1n) is 8.28. The lowest BCUT2D eigenvalue weighted by Crippen LogP contribution is -2.46. The van der Waals surface area contributed by atoms with Gasteiger partial charge in [-0.2, -0.15) is 0 Å². The number of ether oxygens (including phenoxy) is 1. The average molecular weight is 354 g/mol. The third-order valence-corrected chi connectivity index (χ3v) is 5.41. The summed E-state index contributed by atoms with van der Waals surface area (Å²) in [5, 5.41) is 3.51. The Hall–Kier alpha value is -0.380. The Balaban J connectivity index is 2.09. The first-order valence-corrected chi connectivity index (χ1v) is 9.07. The molecule has 1 aliphatic rings. The van der Waals surface area contributed by atoms with Gasteiger partial charge < -0.3 is 10.1 Å². The molecule has 0 bridgehead atoms. The number of likely N-dealkylation sites (N-methyl/N-ethyl adjacent to an activating group) is 1. The van der Waals surface area contributed by atoms with E-state index in [1.165, 1.54) is 42.1 Å². The van der Waals surface area contributed by atoms with Gasteiger partial charge in [0.2, 0.25) is 0 Å². The normalized spacial score (nSPS) is 19.4. The minimum atomic E-state index is 0.326. The van der Waals surface area contributed by atoms with Crippen LogP contribution in [0.3, 0.4) is 0 Å². The van der Waals surface area contributed by atoms with E-state index >= 15 is 0 Å². The van der Waals surface area contributed by atoms with E-state index < -0.39 is 0 Å². The molecule has 0 saturated heterocycles. The third kappa shape index (κ3) is 4.80. The second-order valence-corrected chi connectivity index (χ2v) is 6.86. The summed E-state index contributed by atoms with van der Waals surface area (Å²) in [5.74, 6) is 0.707. The predicted octanol–water partition coefficient (Wildman–Crippen LogP) is 4.57. The van der Waals surface area contributed by atoms with Gasteiger partial charge in [-0.3, -0.25) is 0 Å². The molecule has 21 heavy (non-hydrogen) atoms. The molecule has 1 saturated carbocycles. The fourth-order valence-corrected chi connectivity index (χ4v) is 3.97. The van der Waals surface area contributed by atoms with Gasteiger partial charge in [0.25, 0.3) is 0 Å². The number of halogens is 1. The monoisotopic (exact) mass is 353 g/mol. The van der Waals surface area contributed by atoms with Crippen LogP contribution in [0.4, 0.5) is 0 Å².